The number of nitrogens with zero attached hydrogens (tertiary/aromatic N) is 1. The molecule has 1 N–H and O–H groups in total. The molecule has 1 aromatic rings. The summed E-state index contributed by atoms with van der Waals surface area (Å²) in [6.45, 7) is 13.1. The minimum absolute atomic E-state index is 0.332. The first-order valence-corrected chi connectivity index (χ1v) is 6.68. The average Bonchev–Trinajstić information content (AvgIpc) is 2.30. The number of benzene rings is 1. The van der Waals surface area contributed by atoms with E-state index in [9.17, 15) is 0 Å². The Morgan fingerprint density at radius 1 is 1.06 bits per heavy atom. The van der Waals surface area contributed by atoms with Gasteiger partial charge in [0.2, 0.25) is 0 Å². The van der Waals surface area contributed by atoms with E-state index < -0.39 is 0 Å². The molecule has 0 aliphatic carbocycles. The van der Waals surface area contributed by atoms with Gasteiger partial charge in [-0.05, 0) is 20.8 Å². The number of quaternary nitrogens is 1. The van der Waals surface area contributed by atoms with Crippen LogP contribution in [0.5, 0.6) is 0 Å². The molecule has 1 fully saturated rings. The molecule has 1 saturated heterocycles. The molecule has 0 radical (unpaired) electrons. The van der Waals surface area contributed by atoms with Gasteiger partial charge >= 0.3 is 0 Å². The fourth-order valence-corrected chi connectivity index (χ4v) is 2.56. The number of rotatable bonds is 2. The van der Waals surface area contributed by atoms with Crippen LogP contribution in [0.25, 0.3) is 0 Å². The molecular weight excluding hydrogens is 208 g/mol. The minimum atomic E-state index is 0.332. The molecule has 17 heavy (non-hydrogen) atoms. The second kappa shape index (κ2) is 5.19. The molecule has 1 aromatic carbocycles. The van der Waals surface area contributed by atoms with Crippen LogP contribution in [0, 0.1) is 0 Å². The lowest BCUT2D eigenvalue weighted by molar-refractivity contribution is -0.918. The van der Waals surface area contributed by atoms with Crippen LogP contribution in [0.15, 0.2) is 30.3 Å². The van der Waals surface area contributed by atoms with Crippen LogP contribution in [-0.2, 0) is 6.54 Å². The number of hydrogen-bond acceptors (Lipinski definition) is 1. The van der Waals surface area contributed by atoms with Crippen molar-refractivity contribution in [3.8, 4) is 0 Å². The van der Waals surface area contributed by atoms with E-state index in [0.717, 1.165) is 0 Å². The summed E-state index contributed by atoms with van der Waals surface area (Å²) in [5, 5.41) is 0. The highest BCUT2D eigenvalue weighted by Crippen LogP contribution is 2.12. The van der Waals surface area contributed by atoms with E-state index >= 15 is 0 Å². The predicted molar refractivity (Wildman–Crippen MR) is 72.2 cm³/mol. The van der Waals surface area contributed by atoms with Gasteiger partial charge in [0.15, 0.2) is 0 Å². The molecule has 0 unspecified atom stereocenters. The van der Waals surface area contributed by atoms with E-state index in [-0.39, 0.29) is 0 Å². The Morgan fingerprint density at radius 2 is 1.65 bits per heavy atom. The molecule has 0 spiro atoms. The van der Waals surface area contributed by atoms with Gasteiger partial charge in [-0.25, -0.2) is 0 Å². The molecule has 1 heterocycles. The highest BCUT2D eigenvalue weighted by Gasteiger charge is 2.27. The van der Waals surface area contributed by atoms with Crippen molar-refractivity contribution in [2.45, 2.75) is 32.9 Å². The van der Waals surface area contributed by atoms with Crippen molar-refractivity contribution in [2.24, 2.45) is 0 Å². The van der Waals surface area contributed by atoms with E-state index in [1.165, 1.54) is 38.3 Å². The van der Waals surface area contributed by atoms with Gasteiger partial charge in [-0.2, -0.15) is 0 Å². The van der Waals surface area contributed by atoms with Crippen LogP contribution in [0.1, 0.15) is 26.3 Å². The van der Waals surface area contributed by atoms with Crippen molar-refractivity contribution in [2.75, 3.05) is 26.2 Å². The maximum absolute atomic E-state index is 2.60. The van der Waals surface area contributed by atoms with Gasteiger partial charge in [0, 0.05) is 24.2 Å². The van der Waals surface area contributed by atoms with Crippen LogP contribution in [0.4, 0.5) is 0 Å². The monoisotopic (exact) mass is 233 g/mol. The maximum Gasteiger partial charge on any atom is 0.103 e. The van der Waals surface area contributed by atoms with Crippen molar-refractivity contribution in [1.82, 2.24) is 4.90 Å². The van der Waals surface area contributed by atoms with E-state index in [0.29, 0.717) is 5.54 Å². The first-order valence-electron chi connectivity index (χ1n) is 6.68. The lowest BCUT2D eigenvalue weighted by atomic mass is 10.0. The molecule has 2 nitrogen and oxygen atoms in total. The Morgan fingerprint density at radius 3 is 2.18 bits per heavy atom. The smallest absolute Gasteiger partial charge is 0.103 e. The van der Waals surface area contributed by atoms with Crippen LogP contribution in [-0.4, -0.2) is 36.6 Å². The van der Waals surface area contributed by atoms with E-state index in [4.69, 9.17) is 0 Å². The number of piperazine rings is 1. The van der Waals surface area contributed by atoms with Crippen molar-refractivity contribution in [1.29, 1.82) is 0 Å². The fourth-order valence-electron chi connectivity index (χ4n) is 2.56. The van der Waals surface area contributed by atoms with Gasteiger partial charge in [0.05, 0.1) is 13.1 Å². The largest absolute Gasteiger partial charge is 0.329 e. The second-order valence-corrected chi connectivity index (χ2v) is 6.07. The van der Waals surface area contributed by atoms with Crippen molar-refractivity contribution in [3.05, 3.63) is 35.9 Å². The molecule has 0 saturated carbocycles. The van der Waals surface area contributed by atoms with Crippen molar-refractivity contribution >= 4 is 0 Å². The molecule has 2 heteroatoms. The molecule has 1 aliphatic rings. The summed E-state index contributed by atoms with van der Waals surface area (Å²) in [5.41, 5.74) is 1.80. The van der Waals surface area contributed by atoms with Crippen molar-refractivity contribution < 1.29 is 4.90 Å². The lowest BCUT2D eigenvalue weighted by Crippen LogP contribution is -3.13. The summed E-state index contributed by atoms with van der Waals surface area (Å²) in [4.78, 5) is 4.32. The van der Waals surface area contributed by atoms with Gasteiger partial charge in [-0.15, -0.1) is 0 Å². The van der Waals surface area contributed by atoms with E-state index in [1.807, 2.05) is 0 Å². The van der Waals surface area contributed by atoms with Crippen LogP contribution in [0.3, 0.4) is 0 Å². The first-order chi connectivity index (χ1) is 8.05. The Balaban J connectivity index is 1.84. The Hall–Kier alpha value is -0.860. The summed E-state index contributed by atoms with van der Waals surface area (Å²) in [7, 11) is 0. The fraction of sp³-hybridized carbons (Fsp3) is 0.600. The first kappa shape index (κ1) is 12.6. The third-order valence-corrected chi connectivity index (χ3v) is 3.72. The molecule has 1 aliphatic heterocycles. The van der Waals surface area contributed by atoms with Gasteiger partial charge in [0.25, 0.3) is 0 Å². The minimum Gasteiger partial charge on any atom is -0.329 e. The zero-order valence-corrected chi connectivity index (χ0v) is 11.4. The zero-order valence-electron chi connectivity index (χ0n) is 11.4. The predicted octanol–water partition coefficient (Wildman–Crippen LogP) is 1.19. The topological polar surface area (TPSA) is 7.68 Å². The SMILES string of the molecule is CC(C)(C)N1CC[NH+](Cc2ccccc2)CC1. The van der Waals surface area contributed by atoms with Crippen molar-refractivity contribution in [3.63, 3.8) is 0 Å². The number of hydrogen-bond donors (Lipinski definition) is 1. The molecule has 0 atom stereocenters. The highest BCUT2D eigenvalue weighted by atomic mass is 15.3. The standard InChI is InChI=1S/C15H24N2/c1-15(2,3)17-11-9-16(10-12-17)13-14-7-5-4-6-8-14/h4-8H,9-13H2,1-3H3/p+1. The maximum atomic E-state index is 2.60. The summed E-state index contributed by atoms with van der Waals surface area (Å²) < 4.78 is 0. The highest BCUT2D eigenvalue weighted by molar-refractivity contribution is 5.13. The average molecular weight is 233 g/mol. The van der Waals surface area contributed by atoms with E-state index in [2.05, 4.69) is 56.0 Å². The molecule has 94 valence electrons. The third kappa shape index (κ3) is 3.55. The molecule has 0 aromatic heterocycles. The summed E-state index contributed by atoms with van der Waals surface area (Å²) >= 11 is 0. The van der Waals surface area contributed by atoms with Gasteiger partial charge in [0.1, 0.15) is 6.54 Å². The van der Waals surface area contributed by atoms with Crippen LogP contribution >= 0.6 is 0 Å². The quantitative estimate of drug-likeness (QED) is 0.806. The van der Waals surface area contributed by atoms with Gasteiger partial charge in [-0.3, -0.25) is 4.90 Å². The zero-order chi connectivity index (χ0) is 12.3. The van der Waals surface area contributed by atoms with Gasteiger partial charge in [-0.1, -0.05) is 30.3 Å². The Labute approximate surface area is 105 Å². The lowest BCUT2D eigenvalue weighted by Gasteiger charge is -2.40. The molecule has 0 amide bonds. The molecule has 2 rings (SSSR count). The number of nitrogens with one attached hydrogen (secondary N) is 1. The third-order valence-electron chi connectivity index (χ3n) is 3.72. The van der Waals surface area contributed by atoms with Crippen LogP contribution < -0.4 is 4.90 Å². The normalized spacial score (nSPS) is 19.5. The molecular formula is C15H25N2+. The summed E-state index contributed by atoms with van der Waals surface area (Å²) in [5.74, 6) is 0. The molecule has 0 bridgehead atoms. The Kier molecular flexibility index (Phi) is 3.85. The summed E-state index contributed by atoms with van der Waals surface area (Å²) in [6.07, 6.45) is 0. The van der Waals surface area contributed by atoms with Crippen LogP contribution in [0.2, 0.25) is 0 Å². The van der Waals surface area contributed by atoms with Gasteiger partial charge < -0.3 is 4.90 Å². The van der Waals surface area contributed by atoms with E-state index in [1.54, 1.807) is 4.90 Å². The Bertz CT molecular complexity index is 332. The summed E-state index contributed by atoms with van der Waals surface area (Å²) in [6, 6.07) is 10.9. The second-order valence-electron chi connectivity index (χ2n) is 6.07.